The molecule has 2 atom stereocenters. The molecule has 3 aromatic rings. The predicted octanol–water partition coefficient (Wildman–Crippen LogP) is 5.17. The van der Waals surface area contributed by atoms with E-state index in [4.69, 9.17) is 10.5 Å². The third-order valence-electron chi connectivity index (χ3n) is 7.89. The quantitative estimate of drug-likeness (QED) is 0.591. The van der Waals surface area contributed by atoms with Crippen molar-refractivity contribution in [2.24, 2.45) is 11.7 Å². The Balaban J connectivity index is 1.73. The van der Waals surface area contributed by atoms with Crippen LogP contribution in [-0.4, -0.2) is 36.7 Å². The molecular formula is C29H34N2O. The molecule has 0 saturated carbocycles. The van der Waals surface area contributed by atoms with Crippen molar-refractivity contribution < 1.29 is 4.74 Å². The van der Waals surface area contributed by atoms with Gasteiger partial charge in [0.15, 0.2) is 0 Å². The van der Waals surface area contributed by atoms with Crippen molar-refractivity contribution in [3.05, 3.63) is 101 Å². The summed E-state index contributed by atoms with van der Waals surface area (Å²) in [6.45, 7) is 4.39. The van der Waals surface area contributed by atoms with E-state index >= 15 is 0 Å². The van der Waals surface area contributed by atoms with Crippen molar-refractivity contribution in [1.29, 1.82) is 0 Å². The maximum absolute atomic E-state index is 7.27. The van der Waals surface area contributed by atoms with Crippen LogP contribution in [0.2, 0.25) is 0 Å². The second kappa shape index (κ2) is 8.73. The molecule has 2 bridgehead atoms. The summed E-state index contributed by atoms with van der Waals surface area (Å²) in [5, 5.41) is 0. The van der Waals surface area contributed by atoms with Gasteiger partial charge < -0.3 is 10.5 Å². The van der Waals surface area contributed by atoms with E-state index in [2.05, 4.69) is 90.7 Å². The molecule has 3 saturated heterocycles. The fourth-order valence-electron chi connectivity index (χ4n) is 6.41. The summed E-state index contributed by atoms with van der Waals surface area (Å²) in [5.41, 5.74) is 12.3. The highest BCUT2D eigenvalue weighted by Crippen LogP contribution is 2.51. The minimum atomic E-state index is -0.203. The first-order valence-corrected chi connectivity index (χ1v) is 11.9. The Morgan fingerprint density at radius 2 is 1.53 bits per heavy atom. The molecule has 0 amide bonds. The van der Waals surface area contributed by atoms with Crippen LogP contribution in [0.5, 0.6) is 5.75 Å². The first-order chi connectivity index (χ1) is 15.6. The summed E-state index contributed by atoms with van der Waals surface area (Å²) in [6.07, 6.45) is 3.28. The number of nitrogens with zero attached hydrogens (tertiary/aromatic N) is 1. The van der Waals surface area contributed by atoms with Crippen LogP contribution in [0.15, 0.2) is 78.9 Å². The number of fused-ring (bicyclic) bond motifs is 3. The van der Waals surface area contributed by atoms with Gasteiger partial charge in [0.1, 0.15) is 5.75 Å². The first kappa shape index (κ1) is 21.2. The standard InChI is InChI=1S/C29H34N2O/c1-21-13-14-26(32-2)25(19-21)20-29(28(30)24-15-17-31(29)18-16-24)27(22-9-5-3-6-10-22)23-11-7-4-8-12-23/h3-14,19,24,27-28H,15-18,20,30H2,1-2H3/t28-,29-/m0/s1. The van der Waals surface area contributed by atoms with Crippen LogP contribution in [0.25, 0.3) is 0 Å². The van der Waals surface area contributed by atoms with Crippen LogP contribution in [0.4, 0.5) is 0 Å². The lowest BCUT2D eigenvalue weighted by Gasteiger charge is -2.61. The van der Waals surface area contributed by atoms with Gasteiger partial charge in [0, 0.05) is 12.0 Å². The molecular weight excluding hydrogens is 392 g/mol. The fraction of sp³-hybridized carbons (Fsp3) is 0.379. The molecule has 32 heavy (non-hydrogen) atoms. The Morgan fingerprint density at radius 1 is 0.938 bits per heavy atom. The van der Waals surface area contributed by atoms with Gasteiger partial charge in [-0.1, -0.05) is 78.4 Å². The van der Waals surface area contributed by atoms with Gasteiger partial charge in [-0.25, -0.2) is 0 Å². The molecule has 0 unspecified atom stereocenters. The smallest absolute Gasteiger partial charge is 0.122 e. The van der Waals surface area contributed by atoms with Gasteiger partial charge in [-0.3, -0.25) is 4.90 Å². The van der Waals surface area contributed by atoms with Crippen molar-refractivity contribution in [3.8, 4) is 5.75 Å². The summed E-state index contributed by atoms with van der Waals surface area (Å²) in [6, 6.07) is 28.6. The lowest BCUT2D eigenvalue weighted by atomic mass is 9.59. The zero-order valence-corrected chi connectivity index (χ0v) is 19.2. The first-order valence-electron chi connectivity index (χ1n) is 11.9. The van der Waals surface area contributed by atoms with Gasteiger partial charge in [0.2, 0.25) is 0 Å². The lowest BCUT2D eigenvalue weighted by molar-refractivity contribution is -0.0590. The van der Waals surface area contributed by atoms with E-state index in [9.17, 15) is 0 Å². The highest BCUT2D eigenvalue weighted by molar-refractivity contribution is 5.44. The predicted molar refractivity (Wildman–Crippen MR) is 131 cm³/mol. The average Bonchev–Trinajstić information content (AvgIpc) is 2.84. The number of piperidine rings is 3. The molecule has 2 N–H and O–H groups in total. The van der Waals surface area contributed by atoms with Crippen molar-refractivity contribution in [1.82, 2.24) is 4.90 Å². The highest BCUT2D eigenvalue weighted by atomic mass is 16.5. The Hall–Kier alpha value is -2.62. The Labute approximate surface area is 192 Å². The number of nitrogens with two attached hydrogens (primary N) is 1. The summed E-state index contributed by atoms with van der Waals surface area (Å²) in [4.78, 5) is 2.71. The van der Waals surface area contributed by atoms with Crippen LogP contribution in [0, 0.1) is 12.8 Å². The van der Waals surface area contributed by atoms with Crippen molar-refractivity contribution >= 4 is 0 Å². The number of benzene rings is 3. The van der Waals surface area contributed by atoms with Gasteiger partial charge in [-0.2, -0.15) is 0 Å². The number of aryl methyl sites for hydroxylation is 1. The summed E-state index contributed by atoms with van der Waals surface area (Å²) >= 11 is 0. The van der Waals surface area contributed by atoms with E-state index in [1.54, 1.807) is 7.11 Å². The zero-order chi connectivity index (χ0) is 22.1. The van der Waals surface area contributed by atoms with E-state index in [1.165, 1.54) is 35.1 Å². The lowest BCUT2D eigenvalue weighted by Crippen LogP contribution is -2.73. The Kier molecular flexibility index (Phi) is 5.79. The van der Waals surface area contributed by atoms with E-state index in [0.717, 1.165) is 25.3 Å². The maximum atomic E-state index is 7.27. The molecule has 6 rings (SSSR count). The van der Waals surface area contributed by atoms with Crippen molar-refractivity contribution in [2.75, 3.05) is 20.2 Å². The topological polar surface area (TPSA) is 38.5 Å². The van der Waals surface area contributed by atoms with Gasteiger partial charge in [0.05, 0.1) is 12.6 Å². The van der Waals surface area contributed by atoms with E-state index in [-0.39, 0.29) is 17.5 Å². The minimum absolute atomic E-state index is 0.0978. The molecule has 3 aromatic carbocycles. The minimum Gasteiger partial charge on any atom is -0.496 e. The monoisotopic (exact) mass is 426 g/mol. The fourth-order valence-corrected chi connectivity index (χ4v) is 6.41. The van der Waals surface area contributed by atoms with Gasteiger partial charge in [-0.05, 0) is 68.0 Å². The number of hydrogen-bond donors (Lipinski definition) is 1. The van der Waals surface area contributed by atoms with Crippen LogP contribution >= 0.6 is 0 Å². The van der Waals surface area contributed by atoms with Crippen LogP contribution < -0.4 is 10.5 Å². The molecule has 3 heterocycles. The van der Waals surface area contributed by atoms with Crippen LogP contribution in [-0.2, 0) is 6.42 Å². The summed E-state index contributed by atoms with van der Waals surface area (Å²) in [7, 11) is 1.78. The Morgan fingerprint density at radius 3 is 2.06 bits per heavy atom. The molecule has 0 aliphatic carbocycles. The average molecular weight is 427 g/mol. The van der Waals surface area contributed by atoms with Crippen molar-refractivity contribution in [3.63, 3.8) is 0 Å². The largest absolute Gasteiger partial charge is 0.496 e. The second-order valence-corrected chi connectivity index (χ2v) is 9.59. The second-order valence-electron chi connectivity index (χ2n) is 9.59. The molecule has 3 heteroatoms. The number of hydrogen-bond acceptors (Lipinski definition) is 3. The van der Waals surface area contributed by atoms with Gasteiger partial charge >= 0.3 is 0 Å². The molecule has 3 aliphatic heterocycles. The van der Waals surface area contributed by atoms with Gasteiger partial charge in [-0.15, -0.1) is 0 Å². The molecule has 3 aliphatic rings. The van der Waals surface area contributed by atoms with E-state index in [0.29, 0.717) is 5.92 Å². The number of ether oxygens (including phenoxy) is 1. The van der Waals surface area contributed by atoms with Crippen LogP contribution in [0.1, 0.15) is 41.0 Å². The van der Waals surface area contributed by atoms with Crippen LogP contribution in [0.3, 0.4) is 0 Å². The SMILES string of the molecule is COc1ccc(C)cc1C[C@]1(C(c2ccccc2)c2ccccc2)[C@@H](N)C2CCN1CC2. The van der Waals surface area contributed by atoms with Gasteiger partial charge in [0.25, 0.3) is 0 Å². The molecule has 166 valence electrons. The third-order valence-corrected chi connectivity index (χ3v) is 7.89. The van der Waals surface area contributed by atoms with E-state index in [1.807, 2.05) is 0 Å². The number of methoxy groups -OCH3 is 1. The molecule has 3 nitrogen and oxygen atoms in total. The van der Waals surface area contributed by atoms with E-state index < -0.39 is 0 Å². The zero-order valence-electron chi connectivity index (χ0n) is 19.2. The normalized spacial score (nSPS) is 26.9. The highest BCUT2D eigenvalue weighted by Gasteiger charge is 2.56. The molecule has 3 fully saturated rings. The van der Waals surface area contributed by atoms with Crippen molar-refractivity contribution in [2.45, 2.75) is 43.7 Å². The Bertz CT molecular complexity index is 1000. The summed E-state index contributed by atoms with van der Waals surface area (Å²) < 4.78 is 5.83. The third kappa shape index (κ3) is 3.54. The number of rotatable bonds is 6. The summed E-state index contributed by atoms with van der Waals surface area (Å²) in [5.74, 6) is 1.71. The maximum Gasteiger partial charge on any atom is 0.122 e. The molecule has 0 radical (unpaired) electrons. The molecule has 0 aromatic heterocycles. The molecule has 0 spiro atoms.